The lowest BCUT2D eigenvalue weighted by molar-refractivity contribution is -0.383. The molecule has 0 bridgehead atoms. The summed E-state index contributed by atoms with van der Waals surface area (Å²) in [6.07, 6.45) is 2.86. The smallest absolute Gasteiger partial charge is 0.312 e. The first-order valence-corrected chi connectivity index (χ1v) is 4.25. The largest absolute Gasteiger partial charge is 0.353 e. The second-order valence-corrected chi connectivity index (χ2v) is 3.30. The van der Waals surface area contributed by atoms with Crippen molar-refractivity contribution in [2.75, 3.05) is 0 Å². The molecule has 0 saturated heterocycles. The first-order valence-electron chi connectivity index (χ1n) is 3.46. The topological polar surface area (TPSA) is 71.8 Å². The molecule has 0 aliphatic carbocycles. The number of nitrogens with zero attached hydrogens (tertiary/aromatic N) is 2. The van der Waals surface area contributed by atoms with Crippen molar-refractivity contribution in [1.29, 1.82) is 0 Å². The second kappa shape index (κ2) is 2.81. The Labute approximate surface area is 81.1 Å². The van der Waals surface area contributed by atoms with Crippen LogP contribution in [-0.4, -0.2) is 14.9 Å². The van der Waals surface area contributed by atoms with E-state index in [4.69, 9.17) is 0 Å². The van der Waals surface area contributed by atoms with Crippen LogP contribution in [0, 0.1) is 10.1 Å². The fourth-order valence-corrected chi connectivity index (χ4v) is 1.54. The highest BCUT2D eigenvalue weighted by Crippen LogP contribution is 2.27. The molecule has 0 aromatic carbocycles. The van der Waals surface area contributed by atoms with Crippen molar-refractivity contribution in [1.82, 2.24) is 9.97 Å². The average Bonchev–Trinajstić information content (AvgIpc) is 2.48. The van der Waals surface area contributed by atoms with Crippen LogP contribution in [0.25, 0.3) is 11.0 Å². The maximum Gasteiger partial charge on any atom is 0.312 e. The van der Waals surface area contributed by atoms with Gasteiger partial charge in [-0.3, -0.25) is 10.1 Å². The second-order valence-electron chi connectivity index (χ2n) is 2.45. The van der Waals surface area contributed by atoms with Crippen molar-refractivity contribution < 1.29 is 4.92 Å². The molecule has 0 atom stereocenters. The molecule has 0 aliphatic rings. The van der Waals surface area contributed by atoms with E-state index in [-0.39, 0.29) is 5.69 Å². The predicted octanol–water partition coefficient (Wildman–Crippen LogP) is 2.23. The molecule has 2 aromatic rings. The first-order chi connectivity index (χ1) is 6.20. The van der Waals surface area contributed by atoms with Crippen molar-refractivity contribution >= 4 is 32.7 Å². The number of nitro groups is 1. The summed E-state index contributed by atoms with van der Waals surface area (Å²) in [5.74, 6) is 0. The summed E-state index contributed by atoms with van der Waals surface area (Å²) >= 11 is 3.27. The van der Waals surface area contributed by atoms with Gasteiger partial charge in [0.1, 0.15) is 0 Å². The standard InChI is InChI=1S/C7H4BrN3O2/c8-4-1-2-9-7-5(11(12)13)3-10-6(4)7/h1-3,10H. The Bertz CT molecular complexity index is 480. The highest BCUT2D eigenvalue weighted by atomic mass is 79.9. The lowest BCUT2D eigenvalue weighted by Crippen LogP contribution is -1.86. The summed E-state index contributed by atoms with van der Waals surface area (Å²) in [5, 5.41) is 10.5. The summed E-state index contributed by atoms with van der Waals surface area (Å²) in [7, 11) is 0. The Morgan fingerprint density at radius 2 is 2.38 bits per heavy atom. The average molecular weight is 242 g/mol. The lowest BCUT2D eigenvalue weighted by atomic mass is 10.3. The summed E-state index contributed by atoms with van der Waals surface area (Å²) < 4.78 is 0.769. The van der Waals surface area contributed by atoms with E-state index >= 15 is 0 Å². The molecule has 0 saturated carbocycles. The fraction of sp³-hybridized carbons (Fsp3) is 0. The summed E-state index contributed by atoms with van der Waals surface area (Å²) in [4.78, 5) is 16.8. The van der Waals surface area contributed by atoms with Crippen molar-refractivity contribution in [3.63, 3.8) is 0 Å². The van der Waals surface area contributed by atoms with Gasteiger partial charge in [0.15, 0.2) is 5.52 Å². The van der Waals surface area contributed by atoms with Gasteiger partial charge in [-0.25, -0.2) is 4.98 Å². The lowest BCUT2D eigenvalue weighted by Gasteiger charge is -1.90. The van der Waals surface area contributed by atoms with Gasteiger partial charge in [-0.1, -0.05) is 0 Å². The number of rotatable bonds is 1. The molecule has 66 valence electrons. The van der Waals surface area contributed by atoms with Crippen LogP contribution in [0.4, 0.5) is 5.69 Å². The molecule has 0 unspecified atom stereocenters. The van der Waals surface area contributed by atoms with Gasteiger partial charge in [0, 0.05) is 10.7 Å². The minimum Gasteiger partial charge on any atom is -0.353 e. The highest BCUT2D eigenvalue weighted by molar-refractivity contribution is 9.10. The molecule has 0 fully saturated rings. The first kappa shape index (κ1) is 8.18. The molecule has 2 aromatic heterocycles. The van der Waals surface area contributed by atoms with Crippen LogP contribution in [0.5, 0.6) is 0 Å². The number of halogens is 1. The van der Waals surface area contributed by atoms with E-state index in [0.29, 0.717) is 11.0 Å². The molecule has 2 rings (SSSR count). The van der Waals surface area contributed by atoms with E-state index in [0.717, 1.165) is 4.47 Å². The Balaban J connectivity index is 2.83. The van der Waals surface area contributed by atoms with E-state index in [1.807, 2.05) is 0 Å². The summed E-state index contributed by atoms with van der Waals surface area (Å²) in [6.45, 7) is 0. The van der Waals surface area contributed by atoms with Crippen LogP contribution in [-0.2, 0) is 0 Å². The molecule has 6 heteroatoms. The quantitative estimate of drug-likeness (QED) is 0.615. The van der Waals surface area contributed by atoms with E-state index < -0.39 is 4.92 Å². The highest BCUT2D eigenvalue weighted by Gasteiger charge is 2.15. The zero-order valence-electron chi connectivity index (χ0n) is 6.32. The van der Waals surface area contributed by atoms with E-state index in [1.54, 1.807) is 6.07 Å². The third kappa shape index (κ3) is 1.19. The Morgan fingerprint density at radius 1 is 1.62 bits per heavy atom. The predicted molar refractivity (Wildman–Crippen MR) is 50.4 cm³/mol. The van der Waals surface area contributed by atoms with Crippen molar-refractivity contribution in [3.05, 3.63) is 33.0 Å². The molecule has 0 spiro atoms. The van der Waals surface area contributed by atoms with Gasteiger partial charge in [-0.15, -0.1) is 0 Å². The molecule has 5 nitrogen and oxygen atoms in total. The number of aromatic amines is 1. The third-order valence-corrected chi connectivity index (χ3v) is 2.35. The molecular weight excluding hydrogens is 238 g/mol. The van der Waals surface area contributed by atoms with Gasteiger partial charge in [-0.2, -0.15) is 0 Å². The third-order valence-electron chi connectivity index (χ3n) is 1.69. The Kier molecular flexibility index (Phi) is 1.77. The number of hydrogen-bond donors (Lipinski definition) is 1. The van der Waals surface area contributed by atoms with E-state index in [1.165, 1.54) is 12.4 Å². The van der Waals surface area contributed by atoms with Crippen molar-refractivity contribution in [2.45, 2.75) is 0 Å². The summed E-state index contributed by atoms with van der Waals surface area (Å²) in [5.41, 5.74) is 1.02. The van der Waals surface area contributed by atoms with Gasteiger partial charge in [0.05, 0.1) is 16.6 Å². The van der Waals surface area contributed by atoms with Crippen LogP contribution in [0.15, 0.2) is 22.9 Å². The van der Waals surface area contributed by atoms with Crippen LogP contribution in [0.2, 0.25) is 0 Å². The van der Waals surface area contributed by atoms with Gasteiger partial charge in [-0.05, 0) is 22.0 Å². The van der Waals surface area contributed by atoms with Crippen molar-refractivity contribution in [2.24, 2.45) is 0 Å². The number of H-pyrrole nitrogens is 1. The SMILES string of the molecule is O=[N+]([O-])c1c[nH]c2c(Br)ccnc12. The monoisotopic (exact) mass is 241 g/mol. The molecule has 0 aliphatic heterocycles. The van der Waals surface area contributed by atoms with Crippen molar-refractivity contribution in [3.8, 4) is 0 Å². The minimum atomic E-state index is -0.460. The van der Waals surface area contributed by atoms with Gasteiger partial charge in [0.2, 0.25) is 0 Å². The van der Waals surface area contributed by atoms with E-state index in [9.17, 15) is 10.1 Å². The van der Waals surface area contributed by atoms with E-state index in [2.05, 4.69) is 25.9 Å². The molecular formula is C7H4BrN3O2. The normalized spacial score (nSPS) is 10.5. The zero-order chi connectivity index (χ0) is 9.42. The number of fused-ring (bicyclic) bond motifs is 1. The molecule has 1 N–H and O–H groups in total. The fourth-order valence-electron chi connectivity index (χ4n) is 1.12. The maximum absolute atomic E-state index is 10.5. The van der Waals surface area contributed by atoms with Gasteiger partial charge < -0.3 is 4.98 Å². The molecule has 0 amide bonds. The van der Waals surface area contributed by atoms with Crippen LogP contribution in [0.3, 0.4) is 0 Å². The van der Waals surface area contributed by atoms with Crippen LogP contribution < -0.4 is 0 Å². The number of hydrogen-bond acceptors (Lipinski definition) is 3. The Morgan fingerprint density at radius 3 is 3.08 bits per heavy atom. The molecule has 0 radical (unpaired) electrons. The number of pyridine rings is 1. The van der Waals surface area contributed by atoms with Gasteiger partial charge >= 0.3 is 5.69 Å². The minimum absolute atomic E-state index is 0.00343. The number of nitrogens with one attached hydrogen (secondary N) is 1. The Hall–Kier alpha value is -1.43. The molecule has 2 heterocycles. The number of aromatic nitrogens is 2. The van der Waals surface area contributed by atoms with Crippen LogP contribution in [0.1, 0.15) is 0 Å². The molecule has 13 heavy (non-hydrogen) atoms. The van der Waals surface area contributed by atoms with Crippen LogP contribution >= 0.6 is 15.9 Å². The zero-order valence-corrected chi connectivity index (χ0v) is 7.91. The van der Waals surface area contributed by atoms with Gasteiger partial charge in [0.25, 0.3) is 0 Å². The summed E-state index contributed by atoms with van der Waals surface area (Å²) in [6, 6.07) is 1.72. The maximum atomic E-state index is 10.5.